The molecule has 5 rings (SSSR count). The number of Topliss-reactive ketones (excluding diaryl/α,β-unsaturated/α-hetero) is 2. The van der Waals surface area contributed by atoms with Gasteiger partial charge in [0.05, 0.1) is 29.6 Å². The molecule has 2 saturated carbocycles. The van der Waals surface area contributed by atoms with Crippen LogP contribution in [-0.4, -0.2) is 81.0 Å². The third kappa shape index (κ3) is 3.54. The van der Waals surface area contributed by atoms with Crippen LogP contribution in [0.3, 0.4) is 0 Å². The maximum absolute atomic E-state index is 14.3. The Labute approximate surface area is 225 Å². The predicted octanol–water partition coefficient (Wildman–Crippen LogP) is 1.29. The Balaban J connectivity index is 1.82. The molecule has 0 amide bonds. The molecule has 8 atom stereocenters. The van der Waals surface area contributed by atoms with E-state index in [-0.39, 0.29) is 29.7 Å². The first-order chi connectivity index (χ1) is 18.1. The molecule has 1 heterocycles. The number of carbonyl (C=O) groups excluding carboxylic acids is 4. The number of carbonyl (C=O) groups is 4. The average Bonchev–Trinajstić information content (AvgIpc) is 2.87. The Morgan fingerprint density at radius 2 is 1.72 bits per heavy atom. The second-order valence-corrected chi connectivity index (χ2v) is 12.0. The van der Waals surface area contributed by atoms with Crippen molar-refractivity contribution in [2.24, 2.45) is 16.7 Å². The first-order valence-corrected chi connectivity index (χ1v) is 13.1. The predicted molar refractivity (Wildman–Crippen MR) is 134 cm³/mol. The number of ether oxygens (including phenoxy) is 3. The van der Waals surface area contributed by atoms with Crippen LogP contribution in [0.5, 0.6) is 0 Å². The Kier molecular flexibility index (Phi) is 6.23. The lowest BCUT2D eigenvalue weighted by Gasteiger charge is -2.67. The number of aliphatic hydroxyl groups excluding tert-OH is 2. The first-order valence-electron chi connectivity index (χ1n) is 13.1. The number of aliphatic hydroxyl groups is 3. The SMILES string of the molecule is CC(=O)O[C@@]12CO[C@@H]1C[C@H](O)[C@@]1(C)C(=O)[C@H](O)C3=C(C)C(=O)C[C@@](O)(C(OC(=O)c4ccccc4)C12)C3(C)C. The van der Waals surface area contributed by atoms with E-state index in [1.165, 1.54) is 32.9 Å². The number of hydrogen-bond acceptors (Lipinski definition) is 10. The molecule has 210 valence electrons. The monoisotopic (exact) mass is 542 g/mol. The summed E-state index contributed by atoms with van der Waals surface area (Å²) in [6.07, 6.45) is -6.37. The van der Waals surface area contributed by atoms with Gasteiger partial charge in [0.25, 0.3) is 0 Å². The van der Waals surface area contributed by atoms with E-state index in [0.29, 0.717) is 0 Å². The number of hydrogen-bond donors (Lipinski definition) is 3. The molecule has 10 nitrogen and oxygen atoms in total. The van der Waals surface area contributed by atoms with Gasteiger partial charge in [0.2, 0.25) is 0 Å². The van der Waals surface area contributed by atoms with Gasteiger partial charge in [-0.15, -0.1) is 0 Å². The lowest BCUT2D eigenvalue weighted by atomic mass is 9.45. The molecule has 3 aliphatic carbocycles. The van der Waals surface area contributed by atoms with Gasteiger partial charge >= 0.3 is 11.9 Å². The third-order valence-corrected chi connectivity index (χ3v) is 9.77. The standard InChI is InChI=1S/C29H34O10/c1-14-17(31)12-29(36)24(38-25(35)16-9-7-6-8-10-16)22-27(5,23(34)21(33)20(14)26(29,3)4)18(32)11-19-28(22,13-37-19)39-15(2)30/h6-10,18-19,21-22,24,32-33,36H,11-13H2,1-5H3/t18-,19+,21+,22?,24?,27+,28-,29+/m0/s1. The molecule has 39 heavy (non-hydrogen) atoms. The van der Waals surface area contributed by atoms with Crippen LogP contribution in [0.2, 0.25) is 0 Å². The number of esters is 2. The molecular weight excluding hydrogens is 508 g/mol. The molecule has 10 heteroatoms. The van der Waals surface area contributed by atoms with Crippen LogP contribution >= 0.6 is 0 Å². The van der Waals surface area contributed by atoms with E-state index < -0.39 is 82.3 Å². The second kappa shape index (κ2) is 8.79. The third-order valence-electron chi connectivity index (χ3n) is 9.77. The van der Waals surface area contributed by atoms with E-state index in [1.54, 1.807) is 32.0 Å². The minimum Gasteiger partial charge on any atom is -0.455 e. The van der Waals surface area contributed by atoms with Crippen molar-refractivity contribution in [1.82, 2.24) is 0 Å². The fourth-order valence-corrected chi connectivity index (χ4v) is 7.48. The van der Waals surface area contributed by atoms with Crippen molar-refractivity contribution in [3.63, 3.8) is 0 Å². The normalized spacial score (nSPS) is 40.9. The summed E-state index contributed by atoms with van der Waals surface area (Å²) >= 11 is 0. The number of fused-ring (bicyclic) bond motifs is 5. The molecule has 3 fully saturated rings. The van der Waals surface area contributed by atoms with Crippen molar-refractivity contribution in [3.05, 3.63) is 47.0 Å². The van der Waals surface area contributed by atoms with E-state index in [0.717, 1.165) is 0 Å². The first kappa shape index (κ1) is 27.6. The molecular formula is C29H34O10. The summed E-state index contributed by atoms with van der Waals surface area (Å²) in [5.74, 6) is -4.26. The molecule has 1 aromatic carbocycles. The molecule has 2 bridgehead atoms. The lowest BCUT2D eigenvalue weighted by molar-refractivity contribution is -0.344. The fraction of sp³-hybridized carbons (Fsp3) is 0.586. The Morgan fingerprint density at radius 1 is 1.08 bits per heavy atom. The van der Waals surface area contributed by atoms with Crippen molar-refractivity contribution in [2.75, 3.05) is 6.61 Å². The van der Waals surface area contributed by atoms with Gasteiger partial charge in [-0.1, -0.05) is 32.0 Å². The second-order valence-electron chi connectivity index (χ2n) is 12.0. The van der Waals surface area contributed by atoms with Gasteiger partial charge in [-0.25, -0.2) is 4.79 Å². The van der Waals surface area contributed by atoms with Gasteiger partial charge in [-0.2, -0.15) is 0 Å². The number of ketones is 2. The minimum atomic E-state index is -2.17. The summed E-state index contributed by atoms with van der Waals surface area (Å²) in [7, 11) is 0. The van der Waals surface area contributed by atoms with Crippen molar-refractivity contribution < 1.29 is 48.7 Å². The van der Waals surface area contributed by atoms with Crippen LogP contribution in [0, 0.1) is 16.7 Å². The van der Waals surface area contributed by atoms with Gasteiger partial charge in [0, 0.05) is 25.2 Å². The average molecular weight is 543 g/mol. The molecule has 1 aliphatic heterocycles. The summed E-state index contributed by atoms with van der Waals surface area (Å²) in [5.41, 5.74) is -6.78. The molecule has 3 N–H and O–H groups in total. The zero-order chi connectivity index (χ0) is 28.7. The van der Waals surface area contributed by atoms with Crippen LogP contribution in [0.4, 0.5) is 0 Å². The molecule has 1 aromatic rings. The maximum Gasteiger partial charge on any atom is 0.338 e. The molecule has 0 radical (unpaired) electrons. The van der Waals surface area contributed by atoms with Crippen LogP contribution in [0.15, 0.2) is 41.5 Å². The van der Waals surface area contributed by atoms with E-state index in [1.807, 2.05) is 0 Å². The Morgan fingerprint density at radius 3 is 2.28 bits per heavy atom. The van der Waals surface area contributed by atoms with Crippen molar-refractivity contribution in [2.45, 2.75) is 83.1 Å². The highest BCUT2D eigenvalue weighted by Crippen LogP contribution is 2.63. The minimum absolute atomic E-state index is 0.00686. The van der Waals surface area contributed by atoms with Crippen LogP contribution in [-0.2, 0) is 28.6 Å². The van der Waals surface area contributed by atoms with Gasteiger partial charge in [0.15, 0.2) is 17.2 Å². The Hall–Kier alpha value is -2.92. The van der Waals surface area contributed by atoms with Crippen LogP contribution < -0.4 is 0 Å². The van der Waals surface area contributed by atoms with E-state index >= 15 is 0 Å². The highest BCUT2D eigenvalue weighted by atomic mass is 16.6. The zero-order valence-electron chi connectivity index (χ0n) is 22.6. The largest absolute Gasteiger partial charge is 0.455 e. The molecule has 2 unspecified atom stereocenters. The highest BCUT2D eigenvalue weighted by molar-refractivity contribution is 6.02. The topological polar surface area (TPSA) is 157 Å². The molecule has 1 saturated heterocycles. The fourth-order valence-electron chi connectivity index (χ4n) is 7.48. The van der Waals surface area contributed by atoms with E-state index in [9.17, 15) is 34.5 Å². The van der Waals surface area contributed by atoms with Gasteiger partial charge in [0.1, 0.15) is 23.9 Å². The van der Waals surface area contributed by atoms with Gasteiger partial charge in [-0.3, -0.25) is 14.4 Å². The molecule has 0 aromatic heterocycles. The van der Waals surface area contributed by atoms with Crippen molar-refractivity contribution in [3.8, 4) is 0 Å². The maximum atomic E-state index is 14.3. The smallest absolute Gasteiger partial charge is 0.338 e. The summed E-state index contributed by atoms with van der Waals surface area (Å²) in [6, 6.07) is 8.01. The van der Waals surface area contributed by atoms with E-state index in [4.69, 9.17) is 14.2 Å². The summed E-state index contributed by atoms with van der Waals surface area (Å²) in [5, 5.41) is 35.5. The highest BCUT2D eigenvalue weighted by Gasteiger charge is 2.77. The Bertz CT molecular complexity index is 1280. The zero-order valence-corrected chi connectivity index (χ0v) is 22.6. The van der Waals surface area contributed by atoms with Gasteiger partial charge < -0.3 is 29.5 Å². The summed E-state index contributed by atoms with van der Waals surface area (Å²) in [4.78, 5) is 53.5. The lowest BCUT2D eigenvalue weighted by Crippen LogP contribution is -2.81. The quantitative estimate of drug-likeness (QED) is 0.476. The summed E-state index contributed by atoms with van der Waals surface area (Å²) in [6.45, 7) is 7.05. The number of benzene rings is 1. The molecule has 0 spiro atoms. The molecule has 4 aliphatic rings. The summed E-state index contributed by atoms with van der Waals surface area (Å²) < 4.78 is 17.6. The van der Waals surface area contributed by atoms with Crippen molar-refractivity contribution in [1.29, 1.82) is 0 Å². The van der Waals surface area contributed by atoms with E-state index in [2.05, 4.69) is 0 Å². The van der Waals surface area contributed by atoms with Crippen LogP contribution in [0.1, 0.15) is 57.8 Å². The van der Waals surface area contributed by atoms with Crippen LogP contribution in [0.25, 0.3) is 0 Å². The number of allylic oxidation sites excluding steroid dienone is 1. The van der Waals surface area contributed by atoms with Gasteiger partial charge in [-0.05, 0) is 37.1 Å². The number of rotatable bonds is 3. The van der Waals surface area contributed by atoms with Crippen molar-refractivity contribution >= 4 is 23.5 Å².